The zero-order valence-corrected chi connectivity index (χ0v) is 16.3. The first-order chi connectivity index (χ1) is 13.4. The van der Waals surface area contributed by atoms with E-state index in [9.17, 15) is 13.6 Å². The minimum atomic E-state index is -1.05. The van der Waals surface area contributed by atoms with Crippen LogP contribution in [0.3, 0.4) is 0 Å². The second-order valence-electron chi connectivity index (χ2n) is 6.62. The van der Waals surface area contributed by atoms with Crippen LogP contribution in [0.4, 0.5) is 8.78 Å². The van der Waals surface area contributed by atoms with Crippen LogP contribution in [-0.2, 0) is 4.74 Å². The Hall–Kier alpha value is -2.31. The van der Waals surface area contributed by atoms with E-state index in [4.69, 9.17) is 16.3 Å². The Bertz CT molecular complexity index is 1020. The molecule has 28 heavy (non-hydrogen) atoms. The molecule has 0 saturated carbocycles. The molecule has 2 heterocycles. The van der Waals surface area contributed by atoms with Crippen LogP contribution in [0.1, 0.15) is 49.2 Å². The molecule has 1 aliphatic heterocycles. The number of ether oxygens (including phenoxy) is 1. The van der Waals surface area contributed by atoms with Crippen molar-refractivity contribution >= 4 is 35.3 Å². The normalized spacial score (nSPS) is 20.7. The van der Waals surface area contributed by atoms with Crippen molar-refractivity contribution in [2.45, 2.75) is 44.9 Å². The van der Waals surface area contributed by atoms with Crippen LogP contribution < -0.4 is 10.6 Å². The first-order valence-electron chi connectivity index (χ1n) is 9.15. The molecule has 0 amide bonds. The molecule has 1 aromatic heterocycles. The predicted octanol–water partition coefficient (Wildman–Crippen LogP) is 3.91. The Kier molecular flexibility index (Phi) is 6.42. The topological polar surface area (TPSA) is 43.6 Å². The number of aliphatic imine (C=N–C) groups is 1. The van der Waals surface area contributed by atoms with E-state index >= 15 is 0 Å². The molecule has 1 aliphatic rings. The summed E-state index contributed by atoms with van der Waals surface area (Å²) < 4.78 is 34.2. The number of halogens is 3. The Morgan fingerprint density at radius 3 is 2.86 bits per heavy atom. The smallest absolute Gasteiger partial charge is 0.191 e. The van der Waals surface area contributed by atoms with Gasteiger partial charge in [0, 0.05) is 28.5 Å². The average Bonchev–Trinajstić information content (AvgIpc) is 3.30. The molecule has 1 fully saturated rings. The van der Waals surface area contributed by atoms with Gasteiger partial charge in [0.1, 0.15) is 17.5 Å². The van der Waals surface area contributed by atoms with Gasteiger partial charge in [-0.3, -0.25) is 4.79 Å². The number of hydrogen-bond donors (Lipinski definition) is 0. The van der Waals surface area contributed by atoms with Crippen LogP contribution in [0.25, 0.3) is 11.7 Å². The monoisotopic (exact) mass is 406 g/mol. The number of carbonyl (C=O) groups excluding carboxylic acids is 1. The minimum absolute atomic E-state index is 0.0919. The first-order valence-corrected chi connectivity index (χ1v) is 9.53. The molecule has 0 N–H and O–H groups in total. The van der Waals surface area contributed by atoms with Gasteiger partial charge in [0.05, 0.1) is 0 Å². The van der Waals surface area contributed by atoms with Gasteiger partial charge < -0.3 is 9.30 Å². The number of unbranched alkanes of at least 4 members (excludes halogenated alkanes) is 1. The molecule has 2 atom stereocenters. The lowest BCUT2D eigenvalue weighted by molar-refractivity contribution is 0.00615. The van der Waals surface area contributed by atoms with Gasteiger partial charge in [-0.15, -0.1) is 0 Å². The highest BCUT2D eigenvalue weighted by atomic mass is 35.5. The highest BCUT2D eigenvalue weighted by molar-refractivity contribution is 6.45. The summed E-state index contributed by atoms with van der Waals surface area (Å²) in [4.78, 5) is 16.8. The molecular formula is C21H21ClF2N2O2. The zero-order valence-electron chi connectivity index (χ0n) is 15.5. The van der Waals surface area contributed by atoms with Gasteiger partial charge in [-0.25, -0.2) is 13.8 Å². The highest BCUT2D eigenvalue weighted by Crippen LogP contribution is 2.29. The highest BCUT2D eigenvalue weighted by Gasteiger charge is 2.32. The van der Waals surface area contributed by atoms with Gasteiger partial charge in [-0.2, -0.15) is 0 Å². The quantitative estimate of drug-likeness (QED) is 0.414. The summed E-state index contributed by atoms with van der Waals surface area (Å²) >= 11 is 6.26. The van der Waals surface area contributed by atoms with Crippen molar-refractivity contribution < 1.29 is 18.3 Å². The average molecular weight is 407 g/mol. The number of hydrogen-bond acceptors (Lipinski definition) is 3. The standard InChI is InChI=1S/C21H21ClF2N2O2/c1-3-4-10-25-21(22)15-9-11-26(13(15)2)19-8-7-18(28-19)20(27)14-5-6-16(23)17(24)12-14/h5-6,9-12,18-19H,2-4,7-8H2,1H3/b21-15-,25-10-. The molecule has 3 rings (SSSR count). The maximum atomic E-state index is 13.4. The van der Waals surface area contributed by atoms with Crippen molar-refractivity contribution in [1.82, 2.24) is 4.57 Å². The fourth-order valence-electron chi connectivity index (χ4n) is 3.13. The maximum Gasteiger partial charge on any atom is 0.191 e. The van der Waals surface area contributed by atoms with E-state index in [0.29, 0.717) is 28.6 Å². The number of nitrogens with zero attached hydrogens (tertiary/aromatic N) is 2. The van der Waals surface area contributed by atoms with Gasteiger partial charge in [-0.1, -0.05) is 31.5 Å². The second-order valence-corrected chi connectivity index (χ2v) is 6.98. The fourth-order valence-corrected chi connectivity index (χ4v) is 3.37. The van der Waals surface area contributed by atoms with Gasteiger partial charge in [-0.05, 0) is 43.5 Å². The van der Waals surface area contributed by atoms with Crippen LogP contribution >= 0.6 is 11.6 Å². The van der Waals surface area contributed by atoms with Crippen molar-refractivity contribution in [3.8, 4) is 0 Å². The van der Waals surface area contributed by atoms with E-state index in [0.717, 1.165) is 25.0 Å². The summed E-state index contributed by atoms with van der Waals surface area (Å²) in [6.45, 7) is 6.11. The van der Waals surface area contributed by atoms with Crippen LogP contribution in [0.15, 0.2) is 35.5 Å². The Morgan fingerprint density at radius 1 is 1.36 bits per heavy atom. The minimum Gasteiger partial charge on any atom is -0.347 e. The van der Waals surface area contributed by atoms with Crippen molar-refractivity contribution in [3.63, 3.8) is 0 Å². The lowest BCUT2D eigenvalue weighted by atomic mass is 10.0. The number of Topliss-reactive ketones (excluding diaryl/α,β-unsaturated/α-hetero) is 1. The SMILES string of the molecule is C=c1/c(=C(Cl)\N=C/CCC)ccn1C1CCC(C(=O)c2ccc(F)c(F)c2)O1. The van der Waals surface area contributed by atoms with E-state index in [1.165, 1.54) is 6.07 Å². The number of ketones is 1. The van der Waals surface area contributed by atoms with Crippen LogP contribution in [0, 0.1) is 11.6 Å². The number of aromatic nitrogens is 1. The molecule has 148 valence electrons. The molecule has 0 bridgehead atoms. The molecule has 7 heteroatoms. The lowest BCUT2D eigenvalue weighted by Gasteiger charge is -2.15. The summed E-state index contributed by atoms with van der Waals surface area (Å²) in [5.74, 6) is -2.41. The van der Waals surface area contributed by atoms with Crippen molar-refractivity contribution in [2.75, 3.05) is 0 Å². The third kappa shape index (κ3) is 4.23. The maximum absolute atomic E-state index is 13.4. The van der Waals surface area contributed by atoms with Crippen molar-refractivity contribution in [1.29, 1.82) is 0 Å². The molecular weight excluding hydrogens is 386 g/mol. The summed E-state index contributed by atoms with van der Waals surface area (Å²) in [5.41, 5.74) is 0.0919. The molecule has 2 unspecified atom stereocenters. The summed E-state index contributed by atoms with van der Waals surface area (Å²) in [6, 6.07) is 4.92. The van der Waals surface area contributed by atoms with E-state index in [1.54, 1.807) is 12.4 Å². The van der Waals surface area contributed by atoms with Crippen LogP contribution in [0.2, 0.25) is 0 Å². The largest absolute Gasteiger partial charge is 0.347 e. The van der Waals surface area contributed by atoms with E-state index in [-0.39, 0.29) is 17.6 Å². The van der Waals surface area contributed by atoms with Crippen molar-refractivity contribution in [3.05, 3.63) is 58.2 Å². The lowest BCUT2D eigenvalue weighted by Crippen LogP contribution is -2.31. The molecule has 0 spiro atoms. The number of carbonyl (C=O) groups is 1. The van der Waals surface area contributed by atoms with Crippen LogP contribution in [0.5, 0.6) is 0 Å². The van der Waals surface area contributed by atoms with Crippen LogP contribution in [-0.4, -0.2) is 22.7 Å². The van der Waals surface area contributed by atoms with Gasteiger partial charge in [0.25, 0.3) is 0 Å². The third-order valence-corrected chi connectivity index (χ3v) is 4.97. The van der Waals surface area contributed by atoms with Gasteiger partial charge >= 0.3 is 0 Å². The molecule has 2 aromatic rings. The Balaban J connectivity index is 1.77. The van der Waals surface area contributed by atoms with Crippen molar-refractivity contribution in [2.24, 2.45) is 4.99 Å². The van der Waals surface area contributed by atoms with E-state index < -0.39 is 17.7 Å². The van der Waals surface area contributed by atoms with E-state index in [2.05, 4.69) is 18.5 Å². The van der Waals surface area contributed by atoms with Gasteiger partial charge in [0.15, 0.2) is 17.4 Å². The Morgan fingerprint density at radius 2 is 2.14 bits per heavy atom. The molecule has 4 nitrogen and oxygen atoms in total. The zero-order chi connectivity index (χ0) is 20.3. The number of rotatable bonds is 6. The summed E-state index contributed by atoms with van der Waals surface area (Å²) in [5, 5.41) is 1.70. The fraction of sp³-hybridized carbons (Fsp3) is 0.333. The van der Waals surface area contributed by atoms with E-state index in [1.807, 2.05) is 10.6 Å². The molecule has 1 aromatic carbocycles. The molecule has 0 radical (unpaired) electrons. The molecule has 1 saturated heterocycles. The second kappa shape index (κ2) is 8.80. The molecule has 0 aliphatic carbocycles. The predicted molar refractivity (Wildman–Crippen MR) is 106 cm³/mol. The number of benzene rings is 1. The third-order valence-electron chi connectivity index (χ3n) is 4.67. The first kappa shape index (κ1) is 20.4. The summed E-state index contributed by atoms with van der Waals surface area (Å²) in [6.07, 6.45) is 5.34. The summed E-state index contributed by atoms with van der Waals surface area (Å²) in [7, 11) is 0. The Labute approximate surface area is 166 Å². The van der Waals surface area contributed by atoms with Gasteiger partial charge in [0.2, 0.25) is 0 Å².